The quantitative estimate of drug-likeness (QED) is 0.885. The lowest BCUT2D eigenvalue weighted by Gasteiger charge is -2.31. The van der Waals surface area contributed by atoms with E-state index in [9.17, 15) is 4.39 Å². The Balaban J connectivity index is 1.98. The van der Waals surface area contributed by atoms with Crippen molar-refractivity contribution in [3.8, 4) is 0 Å². The molecule has 1 heterocycles. The predicted molar refractivity (Wildman–Crippen MR) is 71.0 cm³/mol. The van der Waals surface area contributed by atoms with Gasteiger partial charge in [-0.15, -0.1) is 0 Å². The van der Waals surface area contributed by atoms with Crippen LogP contribution >= 0.6 is 0 Å². The summed E-state index contributed by atoms with van der Waals surface area (Å²) in [5, 5.41) is 3.67. The third-order valence-corrected chi connectivity index (χ3v) is 3.60. The molecule has 2 nitrogen and oxygen atoms in total. The van der Waals surface area contributed by atoms with Gasteiger partial charge >= 0.3 is 0 Å². The van der Waals surface area contributed by atoms with E-state index < -0.39 is 0 Å². The van der Waals surface area contributed by atoms with Gasteiger partial charge in [-0.1, -0.05) is 19.1 Å². The van der Waals surface area contributed by atoms with Crippen molar-refractivity contribution in [1.29, 1.82) is 0 Å². The van der Waals surface area contributed by atoms with Crippen LogP contribution < -0.4 is 5.32 Å². The molecule has 0 aliphatic carbocycles. The maximum atomic E-state index is 12.9. The fraction of sp³-hybridized carbons (Fsp3) is 0.600. The summed E-state index contributed by atoms with van der Waals surface area (Å²) in [4.78, 5) is 0. The van der Waals surface area contributed by atoms with Gasteiger partial charge in [0.2, 0.25) is 0 Å². The van der Waals surface area contributed by atoms with Crippen LogP contribution in [0.1, 0.15) is 44.7 Å². The van der Waals surface area contributed by atoms with Gasteiger partial charge in [-0.3, -0.25) is 0 Å². The molecule has 1 aromatic carbocycles. The molecule has 0 aromatic heterocycles. The third kappa shape index (κ3) is 3.53. The zero-order valence-electron chi connectivity index (χ0n) is 11.2. The van der Waals surface area contributed by atoms with Crippen LogP contribution in [0.5, 0.6) is 0 Å². The summed E-state index contributed by atoms with van der Waals surface area (Å²) in [6.45, 7) is 5.11. The van der Waals surface area contributed by atoms with Gasteiger partial charge < -0.3 is 10.1 Å². The highest BCUT2D eigenvalue weighted by Crippen LogP contribution is 2.21. The van der Waals surface area contributed by atoms with Gasteiger partial charge in [0, 0.05) is 18.7 Å². The molecule has 1 aliphatic heterocycles. The fourth-order valence-corrected chi connectivity index (χ4v) is 2.58. The van der Waals surface area contributed by atoms with E-state index in [0.29, 0.717) is 18.2 Å². The van der Waals surface area contributed by atoms with E-state index >= 15 is 0 Å². The zero-order valence-corrected chi connectivity index (χ0v) is 11.2. The summed E-state index contributed by atoms with van der Waals surface area (Å²) in [6.07, 6.45) is 3.46. The molecule has 0 amide bonds. The molecule has 1 aromatic rings. The van der Waals surface area contributed by atoms with Crippen molar-refractivity contribution in [3.63, 3.8) is 0 Å². The number of halogens is 1. The minimum atomic E-state index is -0.173. The Kier molecular flexibility index (Phi) is 4.72. The maximum Gasteiger partial charge on any atom is 0.123 e. The summed E-state index contributed by atoms with van der Waals surface area (Å²) in [5.74, 6) is -0.173. The molecule has 18 heavy (non-hydrogen) atoms. The molecule has 3 atom stereocenters. The highest BCUT2D eigenvalue weighted by atomic mass is 19.1. The van der Waals surface area contributed by atoms with Crippen molar-refractivity contribution in [3.05, 3.63) is 35.6 Å². The van der Waals surface area contributed by atoms with Crippen LogP contribution in [0.15, 0.2) is 24.3 Å². The largest absolute Gasteiger partial charge is 0.378 e. The van der Waals surface area contributed by atoms with Crippen LogP contribution in [0.3, 0.4) is 0 Å². The summed E-state index contributed by atoms with van der Waals surface area (Å²) in [7, 11) is 0. The van der Waals surface area contributed by atoms with Crippen LogP contribution in [0.2, 0.25) is 0 Å². The van der Waals surface area contributed by atoms with Crippen LogP contribution in [0.4, 0.5) is 4.39 Å². The number of benzene rings is 1. The average Bonchev–Trinajstić information content (AvgIpc) is 2.37. The summed E-state index contributed by atoms with van der Waals surface area (Å²) in [6, 6.07) is 7.63. The van der Waals surface area contributed by atoms with Crippen LogP contribution in [-0.2, 0) is 4.74 Å². The summed E-state index contributed by atoms with van der Waals surface area (Å²) in [5.41, 5.74) is 1.16. The fourth-order valence-electron chi connectivity index (χ4n) is 2.58. The molecule has 1 fully saturated rings. The highest BCUT2D eigenvalue weighted by Gasteiger charge is 2.22. The lowest BCUT2D eigenvalue weighted by atomic mass is 9.99. The standard InChI is InChI=1S/C15H22FNO/c1-3-15(12-4-6-13(16)7-5-12)17-14-8-9-18-11(2)10-14/h4-7,11,14-15,17H,3,8-10H2,1-2H3. The molecule has 0 spiro atoms. The first-order chi connectivity index (χ1) is 8.69. The monoisotopic (exact) mass is 251 g/mol. The summed E-state index contributed by atoms with van der Waals surface area (Å²) >= 11 is 0. The molecule has 0 saturated carbocycles. The Labute approximate surface area is 109 Å². The molecule has 100 valence electrons. The second-order valence-corrected chi connectivity index (χ2v) is 5.08. The van der Waals surface area contributed by atoms with Crippen molar-refractivity contribution in [2.45, 2.75) is 51.3 Å². The first kappa shape index (κ1) is 13.5. The number of nitrogens with one attached hydrogen (secondary N) is 1. The van der Waals surface area contributed by atoms with E-state index in [-0.39, 0.29) is 5.82 Å². The topological polar surface area (TPSA) is 21.3 Å². The second kappa shape index (κ2) is 6.30. The smallest absolute Gasteiger partial charge is 0.123 e. The SMILES string of the molecule is CCC(NC1CCOC(C)C1)c1ccc(F)cc1. The molecule has 2 rings (SSSR count). The Morgan fingerprint density at radius 2 is 2.11 bits per heavy atom. The van der Waals surface area contributed by atoms with E-state index in [1.165, 1.54) is 12.1 Å². The zero-order chi connectivity index (χ0) is 13.0. The Bertz CT molecular complexity index is 365. The van der Waals surface area contributed by atoms with Gasteiger partial charge in [-0.25, -0.2) is 4.39 Å². The molecule has 1 N–H and O–H groups in total. The molecule has 3 unspecified atom stereocenters. The van der Waals surface area contributed by atoms with E-state index in [4.69, 9.17) is 4.74 Å². The van der Waals surface area contributed by atoms with Crippen LogP contribution in [-0.4, -0.2) is 18.8 Å². The lowest BCUT2D eigenvalue weighted by molar-refractivity contribution is 0.0111. The first-order valence-electron chi connectivity index (χ1n) is 6.82. The average molecular weight is 251 g/mol. The lowest BCUT2D eigenvalue weighted by Crippen LogP contribution is -2.39. The van der Waals surface area contributed by atoms with E-state index in [1.54, 1.807) is 0 Å². The number of rotatable bonds is 4. The maximum absolute atomic E-state index is 12.9. The molecular formula is C15H22FNO. The van der Waals surface area contributed by atoms with Crippen molar-refractivity contribution < 1.29 is 9.13 Å². The van der Waals surface area contributed by atoms with E-state index in [0.717, 1.165) is 31.4 Å². The molecule has 0 radical (unpaired) electrons. The summed E-state index contributed by atoms with van der Waals surface area (Å²) < 4.78 is 18.5. The van der Waals surface area contributed by atoms with Crippen LogP contribution in [0, 0.1) is 5.82 Å². The number of hydrogen-bond donors (Lipinski definition) is 1. The van der Waals surface area contributed by atoms with E-state index in [1.807, 2.05) is 12.1 Å². The Morgan fingerprint density at radius 3 is 2.72 bits per heavy atom. The van der Waals surface area contributed by atoms with Crippen molar-refractivity contribution in [2.24, 2.45) is 0 Å². The molecule has 1 saturated heterocycles. The number of hydrogen-bond acceptors (Lipinski definition) is 2. The Hall–Kier alpha value is -0.930. The van der Waals surface area contributed by atoms with Gasteiger partial charge in [-0.05, 0) is 43.9 Å². The number of ether oxygens (including phenoxy) is 1. The molecule has 3 heteroatoms. The van der Waals surface area contributed by atoms with Crippen LogP contribution in [0.25, 0.3) is 0 Å². The van der Waals surface area contributed by atoms with Gasteiger partial charge in [0.05, 0.1) is 6.10 Å². The molecular weight excluding hydrogens is 229 g/mol. The predicted octanol–water partition coefficient (Wildman–Crippen LogP) is 3.43. The minimum absolute atomic E-state index is 0.173. The normalized spacial score (nSPS) is 25.9. The highest BCUT2D eigenvalue weighted by molar-refractivity contribution is 5.20. The molecule has 0 bridgehead atoms. The van der Waals surface area contributed by atoms with Crippen molar-refractivity contribution in [2.75, 3.05) is 6.61 Å². The minimum Gasteiger partial charge on any atom is -0.378 e. The van der Waals surface area contributed by atoms with Gasteiger partial charge in [-0.2, -0.15) is 0 Å². The Morgan fingerprint density at radius 1 is 1.39 bits per heavy atom. The molecule has 1 aliphatic rings. The van der Waals surface area contributed by atoms with Crippen molar-refractivity contribution >= 4 is 0 Å². The first-order valence-corrected chi connectivity index (χ1v) is 6.82. The van der Waals surface area contributed by atoms with Gasteiger partial charge in [0.1, 0.15) is 5.82 Å². The second-order valence-electron chi connectivity index (χ2n) is 5.08. The van der Waals surface area contributed by atoms with Crippen molar-refractivity contribution in [1.82, 2.24) is 5.32 Å². The van der Waals surface area contributed by atoms with Gasteiger partial charge in [0.15, 0.2) is 0 Å². The van der Waals surface area contributed by atoms with Gasteiger partial charge in [0.25, 0.3) is 0 Å². The van der Waals surface area contributed by atoms with E-state index in [2.05, 4.69) is 19.2 Å². The third-order valence-electron chi connectivity index (χ3n) is 3.60.